The van der Waals surface area contributed by atoms with Crippen LogP contribution in [0.1, 0.15) is 13.8 Å². The predicted molar refractivity (Wildman–Crippen MR) is 75.8 cm³/mol. The number of ether oxygens (including phenoxy) is 1. The van der Waals surface area contributed by atoms with Gasteiger partial charge in [-0.2, -0.15) is 0 Å². The first kappa shape index (κ1) is 16.1. The highest BCUT2D eigenvalue weighted by Gasteiger charge is 2.11. The molecular weight excluding hydrogens is 289 g/mol. The molecule has 19 heavy (non-hydrogen) atoms. The van der Waals surface area contributed by atoms with Crippen molar-refractivity contribution < 1.29 is 14.6 Å². The monoisotopic (exact) mass is 305 g/mol. The average molecular weight is 306 g/mol. The van der Waals surface area contributed by atoms with Crippen molar-refractivity contribution in [2.75, 3.05) is 13.2 Å². The molecule has 0 aliphatic carbocycles. The fraction of sp³-hybridized carbons (Fsp3) is 0.462. The summed E-state index contributed by atoms with van der Waals surface area (Å²) >= 11 is 11.6. The van der Waals surface area contributed by atoms with Gasteiger partial charge < -0.3 is 15.2 Å². The molecule has 0 aliphatic rings. The normalized spacial score (nSPS) is 12.3. The van der Waals surface area contributed by atoms with E-state index in [-0.39, 0.29) is 25.0 Å². The Morgan fingerprint density at radius 3 is 2.42 bits per heavy atom. The van der Waals surface area contributed by atoms with Crippen molar-refractivity contribution in [3.63, 3.8) is 0 Å². The molecular formula is C13H17Cl2NO3. The Morgan fingerprint density at radius 2 is 1.89 bits per heavy atom. The Hall–Kier alpha value is -0.970. The molecule has 1 amide bonds. The molecule has 0 bridgehead atoms. The molecule has 0 aromatic heterocycles. The van der Waals surface area contributed by atoms with Gasteiger partial charge in [0.05, 0.1) is 6.10 Å². The molecule has 0 aliphatic heterocycles. The van der Waals surface area contributed by atoms with Gasteiger partial charge in [0.15, 0.2) is 6.61 Å². The van der Waals surface area contributed by atoms with Gasteiger partial charge in [-0.1, -0.05) is 37.0 Å². The Labute approximate surface area is 122 Å². The molecule has 4 nitrogen and oxygen atoms in total. The van der Waals surface area contributed by atoms with Crippen molar-refractivity contribution in [3.8, 4) is 5.75 Å². The fourth-order valence-corrected chi connectivity index (χ4v) is 1.77. The van der Waals surface area contributed by atoms with Crippen LogP contribution >= 0.6 is 23.2 Å². The van der Waals surface area contributed by atoms with Crippen LogP contribution in [-0.2, 0) is 4.79 Å². The van der Waals surface area contributed by atoms with Crippen LogP contribution in [0.4, 0.5) is 0 Å². The van der Waals surface area contributed by atoms with E-state index in [9.17, 15) is 9.90 Å². The molecule has 106 valence electrons. The largest absolute Gasteiger partial charge is 0.484 e. The number of aliphatic hydroxyl groups is 1. The molecule has 0 spiro atoms. The van der Waals surface area contributed by atoms with Crippen molar-refractivity contribution in [2.24, 2.45) is 5.92 Å². The number of nitrogens with one attached hydrogen (secondary N) is 1. The van der Waals surface area contributed by atoms with E-state index in [4.69, 9.17) is 27.9 Å². The Bertz CT molecular complexity index is 418. The van der Waals surface area contributed by atoms with Gasteiger partial charge in [-0.15, -0.1) is 0 Å². The van der Waals surface area contributed by atoms with Crippen LogP contribution in [0.3, 0.4) is 0 Å². The van der Waals surface area contributed by atoms with Gasteiger partial charge in [0.25, 0.3) is 5.91 Å². The highest BCUT2D eigenvalue weighted by Crippen LogP contribution is 2.23. The second-order valence-corrected chi connectivity index (χ2v) is 5.38. The second-order valence-electron chi connectivity index (χ2n) is 4.51. The topological polar surface area (TPSA) is 58.6 Å². The number of benzene rings is 1. The van der Waals surface area contributed by atoms with Crippen molar-refractivity contribution in [3.05, 3.63) is 28.2 Å². The molecule has 0 radical (unpaired) electrons. The Morgan fingerprint density at radius 1 is 1.32 bits per heavy atom. The molecule has 1 unspecified atom stereocenters. The summed E-state index contributed by atoms with van der Waals surface area (Å²) in [6, 6.07) is 4.72. The lowest BCUT2D eigenvalue weighted by molar-refractivity contribution is -0.123. The number of amides is 1. The maximum atomic E-state index is 11.5. The van der Waals surface area contributed by atoms with Crippen molar-refractivity contribution in [1.82, 2.24) is 5.32 Å². The zero-order valence-corrected chi connectivity index (χ0v) is 12.3. The smallest absolute Gasteiger partial charge is 0.258 e. The first-order valence-corrected chi connectivity index (χ1v) is 6.67. The summed E-state index contributed by atoms with van der Waals surface area (Å²) in [5, 5.41) is 13.0. The number of halogens is 2. The van der Waals surface area contributed by atoms with Gasteiger partial charge in [-0.05, 0) is 24.1 Å². The van der Waals surface area contributed by atoms with Crippen molar-refractivity contribution >= 4 is 29.1 Å². The van der Waals surface area contributed by atoms with Crippen LogP contribution in [0.15, 0.2) is 18.2 Å². The van der Waals surface area contributed by atoms with Gasteiger partial charge in [-0.3, -0.25) is 4.79 Å². The van der Waals surface area contributed by atoms with Crippen LogP contribution < -0.4 is 10.1 Å². The summed E-state index contributed by atoms with van der Waals surface area (Å²) in [6.07, 6.45) is -0.565. The van der Waals surface area contributed by atoms with Gasteiger partial charge in [0, 0.05) is 16.6 Å². The number of aliphatic hydroxyl groups excluding tert-OH is 1. The van der Waals surface area contributed by atoms with Crippen LogP contribution in [-0.4, -0.2) is 30.3 Å². The summed E-state index contributed by atoms with van der Waals surface area (Å²) in [7, 11) is 0. The summed E-state index contributed by atoms with van der Waals surface area (Å²) in [6.45, 7) is 3.81. The molecule has 6 heteroatoms. The number of hydrogen-bond donors (Lipinski definition) is 2. The van der Waals surface area contributed by atoms with Gasteiger partial charge >= 0.3 is 0 Å². The lowest BCUT2D eigenvalue weighted by atomic mass is 10.1. The van der Waals surface area contributed by atoms with E-state index in [1.807, 2.05) is 13.8 Å². The molecule has 0 saturated heterocycles. The maximum absolute atomic E-state index is 11.5. The van der Waals surface area contributed by atoms with E-state index >= 15 is 0 Å². The lowest BCUT2D eigenvalue weighted by Crippen LogP contribution is -2.37. The van der Waals surface area contributed by atoms with E-state index in [0.29, 0.717) is 15.8 Å². The van der Waals surface area contributed by atoms with Crippen molar-refractivity contribution in [2.45, 2.75) is 20.0 Å². The van der Waals surface area contributed by atoms with Gasteiger partial charge in [0.1, 0.15) is 5.75 Å². The maximum Gasteiger partial charge on any atom is 0.258 e. The highest BCUT2D eigenvalue weighted by molar-refractivity contribution is 6.34. The fourth-order valence-electron chi connectivity index (χ4n) is 1.27. The minimum atomic E-state index is -0.565. The number of carbonyl (C=O) groups excluding carboxylic acids is 1. The minimum Gasteiger partial charge on any atom is -0.484 e. The van der Waals surface area contributed by atoms with Crippen LogP contribution in [0.5, 0.6) is 5.75 Å². The van der Waals surface area contributed by atoms with Crippen molar-refractivity contribution in [1.29, 1.82) is 0 Å². The van der Waals surface area contributed by atoms with E-state index in [1.54, 1.807) is 18.2 Å². The Kier molecular flexibility index (Phi) is 6.42. The zero-order chi connectivity index (χ0) is 14.4. The van der Waals surface area contributed by atoms with E-state index < -0.39 is 6.10 Å². The third-order valence-corrected chi connectivity index (χ3v) is 2.92. The molecule has 1 aromatic carbocycles. The molecule has 0 heterocycles. The third-order valence-electron chi connectivity index (χ3n) is 2.48. The molecule has 1 atom stereocenters. The minimum absolute atomic E-state index is 0.0907. The molecule has 2 N–H and O–H groups in total. The van der Waals surface area contributed by atoms with E-state index in [2.05, 4.69) is 5.32 Å². The lowest BCUT2D eigenvalue weighted by Gasteiger charge is -2.15. The number of hydrogen-bond acceptors (Lipinski definition) is 3. The van der Waals surface area contributed by atoms with Gasteiger partial charge in [-0.25, -0.2) is 0 Å². The standard InChI is InChI=1S/C13H17Cl2NO3/c1-8(2)12(17)6-16-13(18)7-19-11-4-9(14)3-10(15)5-11/h3-5,8,12,17H,6-7H2,1-2H3,(H,16,18). The Balaban J connectivity index is 2.37. The second kappa shape index (κ2) is 7.58. The van der Waals surface area contributed by atoms with E-state index in [0.717, 1.165) is 0 Å². The summed E-state index contributed by atoms with van der Waals surface area (Å²) in [4.78, 5) is 11.5. The first-order valence-electron chi connectivity index (χ1n) is 5.92. The summed E-state index contributed by atoms with van der Waals surface area (Å²) < 4.78 is 5.26. The molecule has 0 saturated carbocycles. The summed E-state index contributed by atoms with van der Waals surface area (Å²) in [5.74, 6) is 0.209. The predicted octanol–water partition coefficient (Wildman–Crippen LogP) is 2.51. The highest BCUT2D eigenvalue weighted by atomic mass is 35.5. The van der Waals surface area contributed by atoms with Crippen LogP contribution in [0, 0.1) is 5.92 Å². The van der Waals surface area contributed by atoms with E-state index in [1.165, 1.54) is 0 Å². The first-order chi connectivity index (χ1) is 8.88. The molecule has 1 aromatic rings. The molecule has 0 fully saturated rings. The summed E-state index contributed by atoms with van der Waals surface area (Å²) in [5.41, 5.74) is 0. The molecule has 1 rings (SSSR count). The number of rotatable bonds is 6. The SMILES string of the molecule is CC(C)C(O)CNC(=O)COc1cc(Cl)cc(Cl)c1. The number of carbonyl (C=O) groups is 1. The zero-order valence-electron chi connectivity index (χ0n) is 10.8. The average Bonchev–Trinajstić information content (AvgIpc) is 2.32. The third kappa shape index (κ3) is 6.14. The van der Waals surface area contributed by atoms with Gasteiger partial charge in [0.2, 0.25) is 0 Å². The van der Waals surface area contributed by atoms with Crippen LogP contribution in [0.25, 0.3) is 0 Å². The van der Waals surface area contributed by atoms with Crippen LogP contribution in [0.2, 0.25) is 10.0 Å². The quantitative estimate of drug-likeness (QED) is 0.849.